The van der Waals surface area contributed by atoms with E-state index in [9.17, 15) is 9.59 Å². The van der Waals surface area contributed by atoms with Gasteiger partial charge in [0.05, 0.1) is 10.5 Å². The predicted molar refractivity (Wildman–Crippen MR) is 98.9 cm³/mol. The number of esters is 1. The zero-order valence-electron chi connectivity index (χ0n) is 12.7. The fourth-order valence-corrected chi connectivity index (χ4v) is 3.10. The van der Waals surface area contributed by atoms with Crippen LogP contribution in [0, 0.1) is 6.92 Å². The Morgan fingerprint density at radius 1 is 1.12 bits per heavy atom. The van der Waals surface area contributed by atoms with Crippen molar-refractivity contribution in [3.8, 4) is 5.75 Å². The smallest absolute Gasteiger partial charge is 0.343 e. The summed E-state index contributed by atoms with van der Waals surface area (Å²) < 4.78 is 5.79. The van der Waals surface area contributed by atoms with Crippen molar-refractivity contribution in [2.45, 2.75) is 6.92 Å². The highest BCUT2D eigenvalue weighted by Crippen LogP contribution is 2.26. The SMILES string of the molecule is Cc1ccc(C(=O)Oc2ccc(C=C3SC(=S)NC3=O)cc2)cc1. The van der Waals surface area contributed by atoms with Gasteiger partial charge in [-0.15, -0.1) is 0 Å². The summed E-state index contributed by atoms with van der Waals surface area (Å²) in [7, 11) is 0. The van der Waals surface area contributed by atoms with Gasteiger partial charge in [0.15, 0.2) is 0 Å². The third kappa shape index (κ3) is 3.90. The first-order valence-corrected chi connectivity index (χ1v) is 8.37. The van der Waals surface area contributed by atoms with Crippen molar-refractivity contribution in [2.24, 2.45) is 0 Å². The molecular formula is C18H13NO3S2. The Labute approximate surface area is 148 Å². The van der Waals surface area contributed by atoms with Gasteiger partial charge in [-0.25, -0.2) is 4.79 Å². The Morgan fingerprint density at radius 3 is 2.38 bits per heavy atom. The Morgan fingerprint density at radius 2 is 1.79 bits per heavy atom. The van der Waals surface area contributed by atoms with E-state index in [1.165, 1.54) is 11.8 Å². The second kappa shape index (κ2) is 6.98. The van der Waals surface area contributed by atoms with Crippen molar-refractivity contribution in [1.29, 1.82) is 0 Å². The molecule has 1 fully saturated rings. The highest BCUT2D eigenvalue weighted by molar-refractivity contribution is 8.26. The lowest BCUT2D eigenvalue weighted by Crippen LogP contribution is -2.17. The number of rotatable bonds is 3. The third-order valence-electron chi connectivity index (χ3n) is 3.32. The van der Waals surface area contributed by atoms with Crippen molar-refractivity contribution < 1.29 is 14.3 Å². The fourth-order valence-electron chi connectivity index (χ4n) is 2.06. The fraction of sp³-hybridized carbons (Fsp3) is 0.0556. The second-order valence-corrected chi connectivity index (χ2v) is 6.90. The van der Waals surface area contributed by atoms with Crippen LogP contribution in [-0.2, 0) is 4.79 Å². The van der Waals surface area contributed by atoms with Crippen LogP contribution in [0.15, 0.2) is 53.4 Å². The molecule has 3 rings (SSSR count). The molecule has 2 aromatic carbocycles. The number of thiocarbonyl (C=S) groups is 1. The average molecular weight is 355 g/mol. The molecule has 0 spiro atoms. The number of amides is 1. The molecule has 0 radical (unpaired) electrons. The lowest BCUT2D eigenvalue weighted by atomic mass is 10.1. The van der Waals surface area contributed by atoms with E-state index in [4.69, 9.17) is 17.0 Å². The molecule has 1 aliphatic rings. The number of hydrogen-bond acceptors (Lipinski definition) is 5. The van der Waals surface area contributed by atoms with Crippen LogP contribution in [0.4, 0.5) is 0 Å². The Balaban J connectivity index is 1.69. The molecule has 0 atom stereocenters. The summed E-state index contributed by atoms with van der Waals surface area (Å²) in [5, 5.41) is 2.56. The first-order valence-electron chi connectivity index (χ1n) is 7.15. The van der Waals surface area contributed by atoms with Crippen LogP contribution in [0.5, 0.6) is 5.75 Å². The summed E-state index contributed by atoms with van der Waals surface area (Å²) >= 11 is 6.17. The normalized spacial score (nSPS) is 15.5. The first kappa shape index (κ1) is 16.4. The topological polar surface area (TPSA) is 55.4 Å². The number of carbonyl (C=O) groups is 2. The second-order valence-electron chi connectivity index (χ2n) is 5.18. The van der Waals surface area contributed by atoms with Gasteiger partial charge >= 0.3 is 5.97 Å². The van der Waals surface area contributed by atoms with E-state index in [2.05, 4.69) is 5.32 Å². The minimum atomic E-state index is -0.405. The van der Waals surface area contributed by atoms with Crippen LogP contribution in [0.2, 0.25) is 0 Å². The van der Waals surface area contributed by atoms with E-state index in [-0.39, 0.29) is 5.91 Å². The standard InChI is InChI=1S/C18H13NO3S2/c1-11-2-6-13(7-3-11)17(21)22-14-8-4-12(5-9-14)10-15-16(20)19-18(23)24-15/h2-10H,1H3,(H,19,20,23). The number of nitrogens with one attached hydrogen (secondary N) is 1. The van der Waals surface area contributed by atoms with Gasteiger partial charge < -0.3 is 10.1 Å². The minimum absolute atomic E-state index is 0.195. The third-order valence-corrected chi connectivity index (χ3v) is 4.48. The van der Waals surface area contributed by atoms with Crippen LogP contribution in [0.25, 0.3) is 6.08 Å². The maximum Gasteiger partial charge on any atom is 0.343 e. The summed E-state index contributed by atoms with van der Waals surface area (Å²) in [5.41, 5.74) is 2.41. The molecule has 120 valence electrons. The Hall–Kier alpha value is -2.44. The van der Waals surface area contributed by atoms with E-state index >= 15 is 0 Å². The average Bonchev–Trinajstić information content (AvgIpc) is 2.87. The number of aryl methyl sites for hydroxylation is 1. The first-order chi connectivity index (χ1) is 11.5. The summed E-state index contributed by atoms with van der Waals surface area (Å²) in [4.78, 5) is 24.2. The van der Waals surface area contributed by atoms with Gasteiger partial charge in [0.1, 0.15) is 10.1 Å². The molecule has 0 bridgehead atoms. The number of carbonyl (C=O) groups excluding carboxylic acids is 2. The largest absolute Gasteiger partial charge is 0.423 e. The Bertz CT molecular complexity index is 840. The zero-order chi connectivity index (χ0) is 17.1. The molecule has 0 aromatic heterocycles. The van der Waals surface area contributed by atoms with E-state index < -0.39 is 5.97 Å². The maximum absolute atomic E-state index is 12.1. The molecule has 1 heterocycles. The van der Waals surface area contributed by atoms with Crippen LogP contribution in [-0.4, -0.2) is 16.2 Å². The van der Waals surface area contributed by atoms with Crippen LogP contribution < -0.4 is 10.1 Å². The number of ether oxygens (including phenoxy) is 1. The summed E-state index contributed by atoms with van der Waals surface area (Å²) in [6, 6.07) is 14.1. The molecule has 0 aliphatic carbocycles. The van der Waals surface area contributed by atoms with Crippen molar-refractivity contribution in [2.75, 3.05) is 0 Å². The molecule has 1 aliphatic heterocycles. The van der Waals surface area contributed by atoms with Gasteiger partial charge in [-0.1, -0.05) is 53.8 Å². The highest BCUT2D eigenvalue weighted by atomic mass is 32.2. The quantitative estimate of drug-likeness (QED) is 0.394. The van der Waals surface area contributed by atoms with Crippen molar-refractivity contribution in [3.63, 3.8) is 0 Å². The molecule has 0 saturated carbocycles. The number of hydrogen-bond donors (Lipinski definition) is 1. The summed E-state index contributed by atoms with van der Waals surface area (Å²) in [6.07, 6.45) is 1.74. The molecule has 2 aromatic rings. The lowest BCUT2D eigenvalue weighted by molar-refractivity contribution is -0.115. The molecule has 1 saturated heterocycles. The predicted octanol–water partition coefficient (Wildman–Crippen LogP) is 3.70. The summed E-state index contributed by atoms with van der Waals surface area (Å²) in [6.45, 7) is 1.96. The highest BCUT2D eigenvalue weighted by Gasteiger charge is 2.21. The zero-order valence-corrected chi connectivity index (χ0v) is 14.4. The molecule has 4 nitrogen and oxygen atoms in total. The van der Waals surface area contributed by atoms with Gasteiger partial charge in [0, 0.05) is 0 Å². The van der Waals surface area contributed by atoms with E-state index in [0.29, 0.717) is 20.5 Å². The van der Waals surface area contributed by atoms with Crippen molar-refractivity contribution in [3.05, 3.63) is 70.1 Å². The van der Waals surface area contributed by atoms with E-state index in [0.717, 1.165) is 11.1 Å². The molecule has 6 heteroatoms. The molecule has 1 amide bonds. The van der Waals surface area contributed by atoms with Crippen LogP contribution in [0.1, 0.15) is 21.5 Å². The minimum Gasteiger partial charge on any atom is -0.423 e. The van der Waals surface area contributed by atoms with Gasteiger partial charge in [0.2, 0.25) is 0 Å². The van der Waals surface area contributed by atoms with Crippen LogP contribution in [0.3, 0.4) is 0 Å². The molecule has 0 unspecified atom stereocenters. The lowest BCUT2D eigenvalue weighted by Gasteiger charge is -2.05. The van der Waals surface area contributed by atoms with Gasteiger partial charge in [-0.2, -0.15) is 0 Å². The van der Waals surface area contributed by atoms with Crippen molar-refractivity contribution in [1.82, 2.24) is 5.32 Å². The monoisotopic (exact) mass is 355 g/mol. The molecule has 1 N–H and O–H groups in total. The number of thioether (sulfide) groups is 1. The van der Waals surface area contributed by atoms with E-state index in [1.807, 2.05) is 19.1 Å². The Kier molecular flexibility index (Phi) is 4.78. The van der Waals surface area contributed by atoms with Gasteiger partial charge in [-0.05, 0) is 42.8 Å². The van der Waals surface area contributed by atoms with Gasteiger partial charge in [0.25, 0.3) is 5.91 Å². The molecule has 24 heavy (non-hydrogen) atoms. The summed E-state index contributed by atoms with van der Waals surface area (Å²) in [5.74, 6) is -0.154. The maximum atomic E-state index is 12.1. The molecular weight excluding hydrogens is 342 g/mol. The van der Waals surface area contributed by atoms with Gasteiger partial charge in [-0.3, -0.25) is 4.79 Å². The van der Waals surface area contributed by atoms with Crippen molar-refractivity contribution >= 4 is 46.3 Å². The van der Waals surface area contributed by atoms with Crippen LogP contribution >= 0.6 is 24.0 Å². The number of benzene rings is 2. The van der Waals surface area contributed by atoms with E-state index in [1.54, 1.807) is 42.5 Å².